The summed E-state index contributed by atoms with van der Waals surface area (Å²) >= 11 is 0. The van der Waals surface area contributed by atoms with Crippen LogP contribution < -0.4 is 5.32 Å². The fourth-order valence-electron chi connectivity index (χ4n) is 3.24. The molecule has 1 fully saturated rings. The van der Waals surface area contributed by atoms with Gasteiger partial charge in [0.2, 0.25) is 11.8 Å². The molecule has 0 bridgehead atoms. The SMILES string of the molecule is O=C(NCCCn1ccnc1)C1CCN(C(=O)/C=C/c2ccccc2)CC1. The van der Waals surface area contributed by atoms with Crippen molar-refractivity contribution in [2.24, 2.45) is 5.92 Å². The first kappa shape index (κ1) is 18.9. The Morgan fingerprint density at radius 3 is 2.67 bits per heavy atom. The number of carbonyl (C=O) groups excluding carboxylic acids is 2. The van der Waals surface area contributed by atoms with Gasteiger partial charge < -0.3 is 14.8 Å². The lowest BCUT2D eigenvalue weighted by Crippen LogP contribution is -2.42. The van der Waals surface area contributed by atoms with Gasteiger partial charge in [-0.05, 0) is 30.9 Å². The predicted octanol–water partition coefficient (Wildman–Crippen LogP) is 2.34. The molecule has 0 atom stereocenters. The summed E-state index contributed by atoms with van der Waals surface area (Å²) in [5.41, 5.74) is 1.01. The van der Waals surface area contributed by atoms with E-state index < -0.39 is 0 Å². The minimum absolute atomic E-state index is 0.000368. The smallest absolute Gasteiger partial charge is 0.246 e. The van der Waals surface area contributed by atoms with Gasteiger partial charge in [0.15, 0.2) is 0 Å². The molecule has 6 nitrogen and oxygen atoms in total. The van der Waals surface area contributed by atoms with Crippen molar-refractivity contribution in [2.75, 3.05) is 19.6 Å². The second kappa shape index (κ2) is 9.71. The molecule has 1 saturated heterocycles. The molecule has 142 valence electrons. The Labute approximate surface area is 159 Å². The van der Waals surface area contributed by atoms with Crippen LogP contribution in [-0.4, -0.2) is 45.9 Å². The van der Waals surface area contributed by atoms with Gasteiger partial charge in [-0.1, -0.05) is 30.3 Å². The highest BCUT2D eigenvalue weighted by Gasteiger charge is 2.26. The predicted molar refractivity (Wildman–Crippen MR) is 105 cm³/mol. The van der Waals surface area contributed by atoms with Gasteiger partial charge >= 0.3 is 0 Å². The van der Waals surface area contributed by atoms with E-state index in [-0.39, 0.29) is 17.7 Å². The van der Waals surface area contributed by atoms with Gasteiger partial charge in [0.25, 0.3) is 0 Å². The molecule has 2 aromatic rings. The fraction of sp³-hybridized carbons (Fsp3) is 0.381. The number of hydrogen-bond acceptors (Lipinski definition) is 3. The van der Waals surface area contributed by atoms with Gasteiger partial charge in [-0.3, -0.25) is 9.59 Å². The lowest BCUT2D eigenvalue weighted by molar-refractivity contribution is -0.132. The number of benzene rings is 1. The summed E-state index contributed by atoms with van der Waals surface area (Å²) in [6, 6.07) is 9.78. The number of nitrogens with zero attached hydrogens (tertiary/aromatic N) is 3. The number of aryl methyl sites for hydroxylation is 1. The van der Waals surface area contributed by atoms with Crippen LogP contribution in [0.2, 0.25) is 0 Å². The van der Waals surface area contributed by atoms with E-state index in [9.17, 15) is 9.59 Å². The molecule has 3 rings (SSSR count). The summed E-state index contributed by atoms with van der Waals surface area (Å²) < 4.78 is 2.00. The van der Waals surface area contributed by atoms with E-state index in [2.05, 4.69) is 10.3 Å². The van der Waals surface area contributed by atoms with Crippen molar-refractivity contribution >= 4 is 17.9 Å². The number of piperidine rings is 1. The molecule has 0 spiro atoms. The Morgan fingerprint density at radius 2 is 1.96 bits per heavy atom. The minimum atomic E-state index is 0.000368. The van der Waals surface area contributed by atoms with Crippen LogP contribution in [-0.2, 0) is 16.1 Å². The largest absolute Gasteiger partial charge is 0.356 e. The normalized spacial score (nSPS) is 15.2. The van der Waals surface area contributed by atoms with Crippen LogP contribution in [0.15, 0.2) is 55.1 Å². The second-order valence-corrected chi connectivity index (χ2v) is 6.79. The molecule has 1 aromatic carbocycles. The monoisotopic (exact) mass is 366 g/mol. The van der Waals surface area contributed by atoms with Crippen molar-refractivity contribution in [1.29, 1.82) is 0 Å². The topological polar surface area (TPSA) is 67.2 Å². The number of nitrogens with one attached hydrogen (secondary N) is 1. The minimum Gasteiger partial charge on any atom is -0.356 e. The molecule has 1 N–H and O–H groups in total. The van der Waals surface area contributed by atoms with E-state index in [0.29, 0.717) is 19.6 Å². The lowest BCUT2D eigenvalue weighted by atomic mass is 9.96. The molecule has 1 aliphatic rings. The van der Waals surface area contributed by atoms with Crippen molar-refractivity contribution < 1.29 is 9.59 Å². The maximum absolute atomic E-state index is 12.3. The van der Waals surface area contributed by atoms with Gasteiger partial charge in [0, 0.05) is 50.6 Å². The molecular formula is C21H26N4O2. The van der Waals surface area contributed by atoms with Gasteiger partial charge in [0.1, 0.15) is 0 Å². The van der Waals surface area contributed by atoms with Crippen molar-refractivity contribution in [3.05, 3.63) is 60.7 Å². The Morgan fingerprint density at radius 1 is 1.19 bits per heavy atom. The van der Waals surface area contributed by atoms with Crippen LogP contribution in [0.4, 0.5) is 0 Å². The first-order valence-corrected chi connectivity index (χ1v) is 9.48. The first-order valence-electron chi connectivity index (χ1n) is 9.48. The Kier molecular flexibility index (Phi) is 6.79. The number of rotatable bonds is 7. The zero-order valence-corrected chi connectivity index (χ0v) is 15.5. The molecule has 0 saturated carbocycles. The number of aromatic nitrogens is 2. The van der Waals surface area contributed by atoms with Crippen molar-refractivity contribution in [2.45, 2.75) is 25.8 Å². The van der Waals surface area contributed by atoms with Crippen LogP contribution in [0.3, 0.4) is 0 Å². The van der Waals surface area contributed by atoms with Crippen LogP contribution in [0.5, 0.6) is 0 Å². The second-order valence-electron chi connectivity index (χ2n) is 6.79. The van der Waals surface area contributed by atoms with E-state index >= 15 is 0 Å². The molecule has 27 heavy (non-hydrogen) atoms. The van der Waals surface area contributed by atoms with E-state index in [1.165, 1.54) is 0 Å². The Bertz CT molecular complexity index is 748. The van der Waals surface area contributed by atoms with Crippen molar-refractivity contribution in [3.63, 3.8) is 0 Å². The zero-order chi connectivity index (χ0) is 18.9. The lowest BCUT2D eigenvalue weighted by Gasteiger charge is -2.30. The van der Waals surface area contributed by atoms with Gasteiger partial charge in [-0.15, -0.1) is 0 Å². The number of likely N-dealkylation sites (tertiary alicyclic amines) is 1. The Balaban J connectivity index is 1.35. The van der Waals surface area contributed by atoms with E-state index in [0.717, 1.165) is 31.4 Å². The van der Waals surface area contributed by atoms with Crippen LogP contribution in [0.25, 0.3) is 6.08 Å². The fourth-order valence-corrected chi connectivity index (χ4v) is 3.24. The molecule has 2 heterocycles. The average Bonchev–Trinajstić information content (AvgIpc) is 3.24. The summed E-state index contributed by atoms with van der Waals surface area (Å²) in [6.07, 6.45) is 11.2. The van der Waals surface area contributed by atoms with E-state index in [1.807, 2.05) is 52.1 Å². The third-order valence-corrected chi connectivity index (χ3v) is 4.85. The van der Waals surface area contributed by atoms with E-state index in [4.69, 9.17) is 0 Å². The summed E-state index contributed by atoms with van der Waals surface area (Å²) in [6.45, 7) is 2.77. The maximum Gasteiger partial charge on any atom is 0.246 e. The average molecular weight is 366 g/mol. The van der Waals surface area contributed by atoms with Crippen molar-refractivity contribution in [3.8, 4) is 0 Å². The van der Waals surface area contributed by atoms with Gasteiger partial charge in [-0.25, -0.2) is 4.98 Å². The number of amides is 2. The molecular weight excluding hydrogens is 340 g/mol. The van der Waals surface area contributed by atoms with Crippen LogP contribution in [0.1, 0.15) is 24.8 Å². The first-order chi connectivity index (χ1) is 13.2. The number of hydrogen-bond donors (Lipinski definition) is 1. The van der Waals surface area contributed by atoms with Crippen LogP contribution >= 0.6 is 0 Å². The highest BCUT2D eigenvalue weighted by Crippen LogP contribution is 2.18. The molecule has 6 heteroatoms. The van der Waals surface area contributed by atoms with Gasteiger partial charge in [0.05, 0.1) is 6.33 Å². The molecule has 0 radical (unpaired) electrons. The standard InChI is InChI=1S/C21H26N4O2/c26-20(8-7-18-5-2-1-3-6-18)25-14-9-19(10-15-25)21(27)23-11-4-13-24-16-12-22-17-24/h1-3,5-8,12,16-17,19H,4,9-11,13-15H2,(H,23,27)/b8-7+. The third kappa shape index (κ3) is 5.81. The van der Waals surface area contributed by atoms with Gasteiger partial charge in [-0.2, -0.15) is 0 Å². The summed E-state index contributed by atoms with van der Waals surface area (Å²) in [7, 11) is 0. The molecule has 1 aromatic heterocycles. The number of imidazole rings is 1. The summed E-state index contributed by atoms with van der Waals surface area (Å²) in [5.74, 6) is 0.117. The van der Waals surface area contributed by atoms with Crippen molar-refractivity contribution in [1.82, 2.24) is 19.8 Å². The molecule has 0 unspecified atom stereocenters. The van der Waals surface area contributed by atoms with E-state index in [1.54, 1.807) is 18.6 Å². The quantitative estimate of drug-likeness (QED) is 0.604. The number of carbonyl (C=O) groups is 2. The zero-order valence-electron chi connectivity index (χ0n) is 15.5. The Hall–Kier alpha value is -2.89. The summed E-state index contributed by atoms with van der Waals surface area (Å²) in [5, 5.41) is 3.02. The molecule has 0 aliphatic carbocycles. The molecule has 2 amide bonds. The third-order valence-electron chi connectivity index (χ3n) is 4.85. The maximum atomic E-state index is 12.3. The van der Waals surface area contributed by atoms with Crippen LogP contribution in [0, 0.1) is 5.92 Å². The highest BCUT2D eigenvalue weighted by molar-refractivity contribution is 5.92. The highest BCUT2D eigenvalue weighted by atomic mass is 16.2. The molecule has 1 aliphatic heterocycles. The summed E-state index contributed by atoms with van der Waals surface area (Å²) in [4.78, 5) is 30.4.